The second-order valence-corrected chi connectivity index (χ2v) is 6.75. The zero-order chi connectivity index (χ0) is 19.6. The lowest BCUT2D eigenvalue weighted by atomic mass is 10.0. The van der Waals surface area contributed by atoms with Crippen LogP contribution in [-0.4, -0.2) is 68.1 Å². The largest absolute Gasteiger partial charge is 0.468 e. The number of rotatable bonds is 9. The first-order valence-electron chi connectivity index (χ1n) is 9.22. The van der Waals surface area contributed by atoms with Gasteiger partial charge >= 0.3 is 5.97 Å². The molecule has 1 aliphatic heterocycles. The van der Waals surface area contributed by atoms with Crippen LogP contribution in [0.5, 0.6) is 0 Å². The van der Waals surface area contributed by atoms with E-state index in [2.05, 4.69) is 5.32 Å². The summed E-state index contributed by atoms with van der Waals surface area (Å²) in [5, 5.41) is 2.81. The molecule has 7 nitrogen and oxygen atoms in total. The summed E-state index contributed by atoms with van der Waals surface area (Å²) in [5.41, 5.74) is 0.980. The smallest absolute Gasteiger partial charge is 0.319 e. The van der Waals surface area contributed by atoms with Gasteiger partial charge in [-0.2, -0.15) is 0 Å². The zero-order valence-corrected chi connectivity index (χ0v) is 16.0. The number of nitrogens with zero attached hydrogens (tertiary/aromatic N) is 1. The van der Waals surface area contributed by atoms with E-state index in [0.717, 1.165) is 18.4 Å². The zero-order valence-electron chi connectivity index (χ0n) is 16.0. The van der Waals surface area contributed by atoms with Gasteiger partial charge in [-0.3, -0.25) is 19.3 Å². The third kappa shape index (κ3) is 7.11. The summed E-state index contributed by atoms with van der Waals surface area (Å²) in [5.74, 6) is -0.763. The summed E-state index contributed by atoms with van der Waals surface area (Å²) in [4.78, 5) is 38.1. The molecule has 1 aliphatic rings. The number of methoxy groups -OCH3 is 1. The third-order valence-corrected chi connectivity index (χ3v) is 4.72. The molecule has 0 spiro atoms. The molecule has 27 heavy (non-hydrogen) atoms. The molecule has 1 aromatic carbocycles. The normalized spacial score (nSPS) is 16.0. The van der Waals surface area contributed by atoms with Crippen LogP contribution in [0, 0.1) is 0 Å². The van der Waals surface area contributed by atoms with Crippen LogP contribution < -0.4 is 5.32 Å². The topological polar surface area (TPSA) is 84.9 Å². The second-order valence-electron chi connectivity index (χ2n) is 6.75. The quantitative estimate of drug-likeness (QED) is 0.646. The molecule has 0 aromatic heterocycles. The number of hydrogen-bond donors (Lipinski definition) is 1. The van der Waals surface area contributed by atoms with Gasteiger partial charge in [-0.25, -0.2) is 0 Å². The van der Waals surface area contributed by atoms with Crippen LogP contribution in [0.15, 0.2) is 30.3 Å². The van der Waals surface area contributed by atoms with Crippen molar-refractivity contribution in [3.05, 3.63) is 35.9 Å². The minimum absolute atomic E-state index is 0.0397. The fourth-order valence-electron chi connectivity index (χ4n) is 3.17. The standard InChI is InChI=1S/C20H28N2O5/c1-15(23)18(12-16-6-4-3-5-7-16)21-19(24)13-22(14-20(25)26-2)17-8-10-27-11-9-17/h3-7,17-18H,8-14H2,1-2H3,(H,21,24)/t18-/m0/s1. The lowest BCUT2D eigenvalue weighted by Gasteiger charge is -2.33. The van der Waals surface area contributed by atoms with Crippen LogP contribution in [0.25, 0.3) is 0 Å². The third-order valence-electron chi connectivity index (χ3n) is 4.72. The Hall–Kier alpha value is -2.25. The SMILES string of the molecule is COC(=O)CN(CC(=O)N[C@@H](Cc1ccccc1)C(C)=O)C1CCOCC1. The first kappa shape index (κ1) is 21.1. The van der Waals surface area contributed by atoms with Gasteiger partial charge in [0.1, 0.15) is 0 Å². The number of benzene rings is 1. The van der Waals surface area contributed by atoms with Crippen LogP contribution in [0.1, 0.15) is 25.3 Å². The number of amides is 1. The van der Waals surface area contributed by atoms with Gasteiger partial charge in [0.05, 0.1) is 26.2 Å². The maximum absolute atomic E-state index is 12.6. The van der Waals surface area contributed by atoms with Crippen molar-refractivity contribution in [2.45, 2.75) is 38.3 Å². The number of carbonyl (C=O) groups excluding carboxylic acids is 3. The van der Waals surface area contributed by atoms with Gasteiger partial charge in [-0.15, -0.1) is 0 Å². The van der Waals surface area contributed by atoms with Crippen molar-refractivity contribution < 1.29 is 23.9 Å². The molecule has 0 unspecified atom stereocenters. The summed E-state index contributed by atoms with van der Waals surface area (Å²) in [6.07, 6.45) is 1.95. The molecule has 1 fully saturated rings. The lowest BCUT2D eigenvalue weighted by molar-refractivity contribution is -0.143. The Morgan fingerprint density at radius 1 is 1.19 bits per heavy atom. The van der Waals surface area contributed by atoms with E-state index >= 15 is 0 Å². The van der Waals surface area contributed by atoms with E-state index < -0.39 is 6.04 Å². The number of hydrogen-bond acceptors (Lipinski definition) is 6. The molecule has 0 saturated carbocycles. The van der Waals surface area contributed by atoms with E-state index in [1.165, 1.54) is 14.0 Å². The maximum atomic E-state index is 12.6. The van der Waals surface area contributed by atoms with E-state index in [-0.39, 0.29) is 36.8 Å². The average Bonchev–Trinajstić information content (AvgIpc) is 2.68. The Labute approximate surface area is 160 Å². The molecule has 2 rings (SSSR count). The second kappa shape index (κ2) is 10.8. The minimum atomic E-state index is -0.588. The van der Waals surface area contributed by atoms with Crippen molar-refractivity contribution in [2.24, 2.45) is 0 Å². The van der Waals surface area contributed by atoms with Crippen molar-refractivity contribution in [3.63, 3.8) is 0 Å². The van der Waals surface area contributed by atoms with Crippen molar-refractivity contribution in [1.82, 2.24) is 10.2 Å². The van der Waals surface area contributed by atoms with Crippen LogP contribution >= 0.6 is 0 Å². The number of carbonyl (C=O) groups is 3. The van der Waals surface area contributed by atoms with E-state index in [4.69, 9.17) is 9.47 Å². The molecule has 1 heterocycles. The van der Waals surface area contributed by atoms with Gasteiger partial charge < -0.3 is 14.8 Å². The minimum Gasteiger partial charge on any atom is -0.468 e. The molecule has 7 heteroatoms. The molecular formula is C20H28N2O5. The molecule has 0 radical (unpaired) electrons. The molecule has 1 saturated heterocycles. The first-order chi connectivity index (χ1) is 13.0. The predicted molar refractivity (Wildman–Crippen MR) is 100 cm³/mol. The Balaban J connectivity index is 1.98. The fraction of sp³-hybridized carbons (Fsp3) is 0.550. The molecule has 0 bridgehead atoms. The highest BCUT2D eigenvalue weighted by atomic mass is 16.5. The van der Waals surface area contributed by atoms with E-state index in [9.17, 15) is 14.4 Å². The Morgan fingerprint density at radius 3 is 2.44 bits per heavy atom. The predicted octanol–water partition coefficient (Wildman–Crippen LogP) is 0.957. The maximum Gasteiger partial charge on any atom is 0.319 e. The van der Waals surface area contributed by atoms with Gasteiger partial charge in [0, 0.05) is 19.3 Å². The highest BCUT2D eigenvalue weighted by Crippen LogP contribution is 2.14. The van der Waals surface area contributed by atoms with Crippen LogP contribution in [0.4, 0.5) is 0 Å². The Morgan fingerprint density at radius 2 is 1.85 bits per heavy atom. The highest BCUT2D eigenvalue weighted by Gasteiger charge is 2.27. The number of ketones is 1. The first-order valence-corrected chi connectivity index (χ1v) is 9.22. The van der Waals surface area contributed by atoms with Crippen molar-refractivity contribution >= 4 is 17.7 Å². The van der Waals surface area contributed by atoms with Crippen molar-refractivity contribution in [3.8, 4) is 0 Å². The van der Waals surface area contributed by atoms with Crippen LogP contribution in [-0.2, 0) is 30.3 Å². The van der Waals surface area contributed by atoms with Gasteiger partial charge in [0.25, 0.3) is 0 Å². The number of Topliss-reactive ketones (excluding diaryl/α,β-unsaturated/α-hetero) is 1. The summed E-state index contributed by atoms with van der Waals surface area (Å²) >= 11 is 0. The molecule has 148 valence electrons. The van der Waals surface area contributed by atoms with Crippen LogP contribution in [0.2, 0.25) is 0 Å². The number of nitrogens with one attached hydrogen (secondary N) is 1. The van der Waals surface area contributed by atoms with E-state index in [0.29, 0.717) is 19.6 Å². The number of esters is 1. The van der Waals surface area contributed by atoms with Crippen molar-refractivity contribution in [2.75, 3.05) is 33.4 Å². The van der Waals surface area contributed by atoms with E-state index in [1.54, 1.807) is 0 Å². The van der Waals surface area contributed by atoms with Gasteiger partial charge in [-0.1, -0.05) is 30.3 Å². The summed E-state index contributed by atoms with van der Waals surface area (Å²) in [6.45, 7) is 2.76. The fourth-order valence-corrected chi connectivity index (χ4v) is 3.17. The molecule has 1 amide bonds. The Kier molecular flexibility index (Phi) is 8.42. The van der Waals surface area contributed by atoms with E-state index in [1.807, 2.05) is 35.2 Å². The summed E-state index contributed by atoms with van der Waals surface area (Å²) in [6, 6.07) is 9.04. The van der Waals surface area contributed by atoms with Gasteiger partial charge in [-0.05, 0) is 31.7 Å². The highest BCUT2D eigenvalue weighted by molar-refractivity contribution is 5.88. The average molecular weight is 376 g/mol. The molecule has 0 aliphatic carbocycles. The summed E-state index contributed by atoms with van der Waals surface area (Å²) < 4.78 is 10.1. The summed E-state index contributed by atoms with van der Waals surface area (Å²) in [7, 11) is 1.33. The molecule has 1 N–H and O–H groups in total. The lowest BCUT2D eigenvalue weighted by Crippen LogP contribution is -2.50. The molecular weight excluding hydrogens is 348 g/mol. The molecule has 1 atom stereocenters. The van der Waals surface area contributed by atoms with Gasteiger partial charge in [0.15, 0.2) is 5.78 Å². The molecule has 1 aromatic rings. The Bertz CT molecular complexity index is 629. The van der Waals surface area contributed by atoms with Crippen molar-refractivity contribution in [1.29, 1.82) is 0 Å². The number of ether oxygens (including phenoxy) is 2. The van der Waals surface area contributed by atoms with Gasteiger partial charge in [0.2, 0.25) is 5.91 Å². The monoisotopic (exact) mass is 376 g/mol. The van der Waals surface area contributed by atoms with Crippen LogP contribution in [0.3, 0.4) is 0 Å².